The van der Waals surface area contributed by atoms with Gasteiger partial charge in [0.15, 0.2) is 0 Å². The van der Waals surface area contributed by atoms with Crippen molar-refractivity contribution in [3.63, 3.8) is 0 Å². The summed E-state index contributed by atoms with van der Waals surface area (Å²) < 4.78 is 0.867. The molecule has 0 fully saturated rings. The predicted molar refractivity (Wildman–Crippen MR) is 90.4 cm³/mol. The van der Waals surface area contributed by atoms with Gasteiger partial charge in [0.25, 0.3) is 0 Å². The first-order valence-corrected chi connectivity index (χ1v) is 7.88. The molecule has 23 heavy (non-hydrogen) atoms. The number of allylic oxidation sites excluding steroid dienone is 5. The molecule has 1 aliphatic rings. The zero-order chi connectivity index (χ0) is 17.5. The summed E-state index contributed by atoms with van der Waals surface area (Å²) in [5.74, 6) is 0.124. The minimum Gasteiger partial charge on any atom is -0.854 e. The summed E-state index contributed by atoms with van der Waals surface area (Å²) in [6.45, 7) is 21.0. The van der Waals surface area contributed by atoms with Gasteiger partial charge >= 0.3 is 5.82 Å². The number of hydrogen-bond acceptors (Lipinski definition) is 2. The van der Waals surface area contributed by atoms with Gasteiger partial charge in [0.2, 0.25) is 0 Å². The summed E-state index contributed by atoms with van der Waals surface area (Å²) in [6, 6.07) is 0. The van der Waals surface area contributed by atoms with Crippen LogP contribution in [0, 0.1) is 13.1 Å². The Labute approximate surface area is 140 Å². The van der Waals surface area contributed by atoms with Gasteiger partial charge in [-0.1, -0.05) is 0 Å². The van der Waals surface area contributed by atoms with Gasteiger partial charge in [-0.15, -0.1) is 6.61 Å². The Morgan fingerprint density at radius 2 is 1.61 bits per heavy atom. The van der Waals surface area contributed by atoms with Crippen molar-refractivity contribution in [2.45, 2.75) is 26.7 Å². The summed E-state index contributed by atoms with van der Waals surface area (Å²) in [5, 5.41) is 10.6. The maximum atomic E-state index is 10.6. The third kappa shape index (κ3) is 5.56. The van der Waals surface area contributed by atoms with Gasteiger partial charge in [0.1, 0.15) is 13.1 Å². The fourth-order valence-corrected chi connectivity index (χ4v) is 2.82. The maximum Gasteiger partial charge on any atom is 0.526 e. The van der Waals surface area contributed by atoms with Crippen molar-refractivity contribution < 1.29 is 9.59 Å². The van der Waals surface area contributed by atoms with Crippen LogP contribution in [0.25, 0.3) is 9.69 Å². The van der Waals surface area contributed by atoms with Gasteiger partial charge in [-0.05, 0) is 32.4 Å². The molecule has 0 atom stereocenters. The summed E-state index contributed by atoms with van der Waals surface area (Å²) in [6.07, 6.45) is 5.57. The molecule has 5 heteroatoms. The molecule has 0 aromatic carbocycles. The average Bonchev–Trinajstić information content (AvgIpc) is 2.49. The normalized spacial score (nSPS) is 14.7. The van der Waals surface area contributed by atoms with Crippen LogP contribution in [0.2, 0.25) is 0 Å². The Kier molecular flexibility index (Phi) is 7.03. The lowest BCUT2D eigenvalue weighted by atomic mass is 10.1. The van der Waals surface area contributed by atoms with E-state index in [4.69, 9.17) is 13.1 Å². The smallest absolute Gasteiger partial charge is 0.526 e. The number of nitrogens with zero attached hydrogens (tertiary/aromatic N) is 4. The zero-order valence-electron chi connectivity index (χ0n) is 14.6. The van der Waals surface area contributed by atoms with E-state index in [2.05, 4.69) is 28.7 Å². The third-order valence-corrected chi connectivity index (χ3v) is 4.10. The van der Waals surface area contributed by atoms with Crippen LogP contribution in [-0.4, -0.2) is 49.7 Å². The first-order valence-electron chi connectivity index (χ1n) is 7.88. The van der Waals surface area contributed by atoms with Crippen LogP contribution in [0.5, 0.6) is 0 Å². The zero-order valence-corrected chi connectivity index (χ0v) is 14.6. The first kappa shape index (κ1) is 19.0. The molecule has 0 radical (unpaired) electrons. The van der Waals surface area contributed by atoms with E-state index in [1.807, 2.05) is 26.0 Å². The Hall–Kier alpha value is -2.08. The number of rotatable bonds is 7. The van der Waals surface area contributed by atoms with Crippen molar-refractivity contribution in [3.8, 4) is 0 Å². The van der Waals surface area contributed by atoms with Gasteiger partial charge in [0, 0.05) is 24.4 Å². The van der Waals surface area contributed by atoms with Crippen LogP contribution in [0.4, 0.5) is 0 Å². The van der Waals surface area contributed by atoms with Crippen molar-refractivity contribution in [1.29, 1.82) is 0 Å². The molecule has 0 amide bonds. The molecular weight excluding hydrogens is 288 g/mol. The van der Waals surface area contributed by atoms with Crippen molar-refractivity contribution in [3.05, 3.63) is 57.8 Å². The molecule has 0 saturated heterocycles. The Bertz CT molecular complexity index is 561. The predicted octanol–water partition coefficient (Wildman–Crippen LogP) is 2.38. The topological polar surface area (TPSA) is 35.0 Å². The largest absolute Gasteiger partial charge is 0.854 e. The van der Waals surface area contributed by atoms with Gasteiger partial charge in [-0.25, -0.2) is 0 Å². The summed E-state index contributed by atoms with van der Waals surface area (Å²) in [4.78, 5) is 8.80. The van der Waals surface area contributed by atoms with Crippen molar-refractivity contribution in [2.75, 3.05) is 40.3 Å². The molecular formula is C18H26N4O. The van der Waals surface area contributed by atoms with E-state index >= 15 is 0 Å². The van der Waals surface area contributed by atoms with E-state index in [9.17, 15) is 5.11 Å². The lowest BCUT2D eigenvalue weighted by Crippen LogP contribution is -2.43. The van der Waals surface area contributed by atoms with Crippen LogP contribution in [-0.2, 0) is 0 Å². The van der Waals surface area contributed by atoms with Gasteiger partial charge in [0.05, 0.1) is 32.8 Å². The molecule has 124 valence electrons. The maximum absolute atomic E-state index is 10.6. The van der Waals surface area contributed by atoms with E-state index in [1.165, 1.54) is 0 Å². The molecule has 0 saturated carbocycles. The highest BCUT2D eigenvalue weighted by atomic mass is 16.3. The highest BCUT2D eigenvalue weighted by Gasteiger charge is 2.20. The Morgan fingerprint density at radius 3 is 2.09 bits per heavy atom. The molecule has 0 bridgehead atoms. The molecule has 0 aliphatic carbocycles. The molecule has 0 spiro atoms. The molecule has 0 unspecified atom stereocenters. The second-order valence-corrected chi connectivity index (χ2v) is 6.52. The fourth-order valence-electron chi connectivity index (χ4n) is 2.82. The number of hydrogen-bond donors (Lipinski definition) is 0. The van der Waals surface area contributed by atoms with Crippen LogP contribution >= 0.6 is 0 Å². The molecule has 0 N–H and O–H groups in total. The minimum absolute atomic E-state index is 0.00293. The third-order valence-electron chi connectivity index (χ3n) is 4.10. The lowest BCUT2D eigenvalue weighted by molar-refractivity contribution is -0.891. The van der Waals surface area contributed by atoms with Crippen LogP contribution in [0.3, 0.4) is 0 Å². The van der Waals surface area contributed by atoms with E-state index in [0.717, 1.165) is 48.4 Å². The molecule has 1 heterocycles. The molecule has 1 aliphatic heterocycles. The van der Waals surface area contributed by atoms with Gasteiger partial charge < -0.3 is 14.5 Å². The molecule has 5 nitrogen and oxygen atoms in total. The van der Waals surface area contributed by atoms with Gasteiger partial charge in [-0.2, -0.15) is 9.69 Å². The SMILES string of the molecule is [C-]#[N+]C([N+]#[C-])=C1C=C(C)N(CCC[N+](C)(C)CCC[O-])C(C)=C1. The standard InChI is InChI=1S/C18H26N4O/c1-15-13-17(18(19-3)20-4)14-16(2)21(15)9-7-10-22(5,6)11-8-12-23/h13-14H,7-12H2,1-2,5-6H3. The number of quaternary nitrogens is 1. The van der Waals surface area contributed by atoms with Crippen LogP contribution in [0.15, 0.2) is 34.9 Å². The minimum atomic E-state index is -0.00293. The second-order valence-electron chi connectivity index (χ2n) is 6.52. The lowest BCUT2D eigenvalue weighted by Gasteiger charge is -2.33. The summed E-state index contributed by atoms with van der Waals surface area (Å²) >= 11 is 0. The van der Waals surface area contributed by atoms with Crippen LogP contribution < -0.4 is 5.11 Å². The molecule has 0 aromatic heterocycles. The van der Waals surface area contributed by atoms with Crippen LogP contribution in [0.1, 0.15) is 26.7 Å². The Morgan fingerprint density at radius 1 is 1.09 bits per heavy atom. The average molecular weight is 314 g/mol. The molecule has 1 rings (SSSR count). The van der Waals surface area contributed by atoms with Crippen molar-refractivity contribution in [1.82, 2.24) is 4.90 Å². The quantitative estimate of drug-likeness (QED) is 0.534. The van der Waals surface area contributed by atoms with Crippen molar-refractivity contribution in [2.24, 2.45) is 0 Å². The highest BCUT2D eigenvalue weighted by molar-refractivity contribution is 5.46. The van der Waals surface area contributed by atoms with E-state index in [1.54, 1.807) is 0 Å². The van der Waals surface area contributed by atoms with E-state index < -0.39 is 0 Å². The Balaban J connectivity index is 2.70. The summed E-state index contributed by atoms with van der Waals surface area (Å²) in [7, 11) is 4.33. The van der Waals surface area contributed by atoms with Gasteiger partial charge in [-0.3, -0.25) is 0 Å². The monoisotopic (exact) mass is 314 g/mol. The fraction of sp³-hybridized carbons (Fsp3) is 0.556. The van der Waals surface area contributed by atoms with E-state index in [-0.39, 0.29) is 12.4 Å². The van der Waals surface area contributed by atoms with Crippen molar-refractivity contribution >= 4 is 0 Å². The first-order chi connectivity index (χ1) is 10.8. The summed E-state index contributed by atoms with van der Waals surface area (Å²) in [5.41, 5.74) is 2.83. The highest BCUT2D eigenvalue weighted by Crippen LogP contribution is 2.25. The van der Waals surface area contributed by atoms with E-state index in [0.29, 0.717) is 5.57 Å². The second kappa shape index (κ2) is 8.53. The molecule has 0 aromatic rings.